The van der Waals surface area contributed by atoms with Crippen LogP contribution in [0.25, 0.3) is 10.4 Å². The molecular formula is C16H16OS. The molecule has 0 radical (unpaired) electrons. The largest absolute Gasteiger partial charge is 0.294 e. The van der Waals surface area contributed by atoms with Crippen LogP contribution in [0.5, 0.6) is 0 Å². The molecule has 0 spiro atoms. The van der Waals surface area contributed by atoms with Gasteiger partial charge in [0.25, 0.3) is 0 Å². The molecule has 0 fully saturated rings. The standard InChI is InChI=1S/C16H16OS/c1-16(2)9-13(17)12-8-14(18-15(12)10-16)11-6-4-3-5-7-11/h3-8H,9-10H2,1-2H3. The van der Waals surface area contributed by atoms with E-state index in [-0.39, 0.29) is 5.41 Å². The molecule has 1 aliphatic rings. The van der Waals surface area contributed by atoms with E-state index in [9.17, 15) is 4.79 Å². The van der Waals surface area contributed by atoms with Crippen molar-refractivity contribution in [2.75, 3.05) is 0 Å². The van der Waals surface area contributed by atoms with Gasteiger partial charge in [-0.2, -0.15) is 0 Å². The van der Waals surface area contributed by atoms with E-state index >= 15 is 0 Å². The van der Waals surface area contributed by atoms with Crippen molar-refractivity contribution in [1.82, 2.24) is 0 Å². The van der Waals surface area contributed by atoms with E-state index in [2.05, 4.69) is 32.0 Å². The number of hydrogen-bond donors (Lipinski definition) is 0. The van der Waals surface area contributed by atoms with E-state index < -0.39 is 0 Å². The lowest BCUT2D eigenvalue weighted by atomic mass is 9.77. The summed E-state index contributed by atoms with van der Waals surface area (Å²) in [4.78, 5) is 14.6. The van der Waals surface area contributed by atoms with Gasteiger partial charge in [-0.05, 0) is 23.5 Å². The average molecular weight is 256 g/mol. The lowest BCUT2D eigenvalue weighted by Gasteiger charge is -2.27. The molecule has 18 heavy (non-hydrogen) atoms. The Morgan fingerprint density at radius 2 is 1.83 bits per heavy atom. The van der Waals surface area contributed by atoms with Gasteiger partial charge in [0.1, 0.15) is 0 Å². The van der Waals surface area contributed by atoms with Crippen LogP contribution >= 0.6 is 11.3 Å². The summed E-state index contributed by atoms with van der Waals surface area (Å²) in [6, 6.07) is 12.4. The van der Waals surface area contributed by atoms with Crippen molar-refractivity contribution in [3.05, 3.63) is 46.8 Å². The zero-order valence-electron chi connectivity index (χ0n) is 10.7. The van der Waals surface area contributed by atoms with Crippen molar-refractivity contribution >= 4 is 17.1 Å². The average Bonchev–Trinajstić information content (AvgIpc) is 2.72. The number of hydrogen-bond acceptors (Lipinski definition) is 2. The summed E-state index contributed by atoms with van der Waals surface area (Å²) in [5.41, 5.74) is 2.28. The Balaban J connectivity index is 2.06. The minimum atomic E-state index is 0.114. The van der Waals surface area contributed by atoms with Crippen LogP contribution in [0.1, 0.15) is 35.5 Å². The minimum absolute atomic E-state index is 0.114. The Bertz CT molecular complexity index is 593. The second-order valence-electron chi connectivity index (χ2n) is 5.75. The molecule has 3 rings (SSSR count). The number of benzene rings is 1. The van der Waals surface area contributed by atoms with Crippen LogP contribution in [0.15, 0.2) is 36.4 Å². The van der Waals surface area contributed by atoms with Gasteiger partial charge in [0, 0.05) is 21.7 Å². The van der Waals surface area contributed by atoms with Crippen molar-refractivity contribution in [1.29, 1.82) is 0 Å². The summed E-state index contributed by atoms with van der Waals surface area (Å²) in [5.74, 6) is 0.305. The van der Waals surface area contributed by atoms with Gasteiger partial charge in [-0.15, -0.1) is 11.3 Å². The summed E-state index contributed by atoms with van der Waals surface area (Å²) in [5, 5.41) is 0. The highest BCUT2D eigenvalue weighted by Crippen LogP contribution is 2.41. The summed E-state index contributed by atoms with van der Waals surface area (Å²) < 4.78 is 0. The first kappa shape index (κ1) is 11.7. The maximum atomic E-state index is 12.2. The predicted molar refractivity (Wildman–Crippen MR) is 76.2 cm³/mol. The van der Waals surface area contributed by atoms with Crippen LogP contribution in [-0.2, 0) is 6.42 Å². The molecule has 0 atom stereocenters. The molecule has 0 aliphatic heterocycles. The molecule has 0 unspecified atom stereocenters. The molecule has 0 N–H and O–H groups in total. The monoisotopic (exact) mass is 256 g/mol. The van der Waals surface area contributed by atoms with Gasteiger partial charge >= 0.3 is 0 Å². The number of carbonyl (C=O) groups excluding carboxylic acids is 1. The smallest absolute Gasteiger partial charge is 0.164 e. The molecule has 1 aliphatic carbocycles. The van der Waals surface area contributed by atoms with Gasteiger partial charge in [0.15, 0.2) is 5.78 Å². The summed E-state index contributed by atoms with van der Waals surface area (Å²) in [6.45, 7) is 4.35. The summed E-state index contributed by atoms with van der Waals surface area (Å²) in [7, 11) is 0. The Morgan fingerprint density at radius 1 is 1.11 bits per heavy atom. The maximum Gasteiger partial charge on any atom is 0.164 e. The molecule has 0 saturated carbocycles. The summed E-state index contributed by atoms with van der Waals surface area (Å²) >= 11 is 1.77. The minimum Gasteiger partial charge on any atom is -0.294 e. The van der Waals surface area contributed by atoms with Crippen LogP contribution in [0.3, 0.4) is 0 Å². The molecule has 1 nitrogen and oxygen atoms in total. The third-order valence-corrected chi connectivity index (χ3v) is 4.63. The topological polar surface area (TPSA) is 17.1 Å². The lowest BCUT2D eigenvalue weighted by Crippen LogP contribution is -2.25. The Morgan fingerprint density at radius 3 is 2.56 bits per heavy atom. The van der Waals surface area contributed by atoms with Crippen LogP contribution in [0.4, 0.5) is 0 Å². The van der Waals surface area contributed by atoms with E-state index in [1.54, 1.807) is 11.3 Å². The second kappa shape index (κ2) is 4.06. The number of thiophene rings is 1. The van der Waals surface area contributed by atoms with Gasteiger partial charge in [-0.3, -0.25) is 4.79 Å². The van der Waals surface area contributed by atoms with Crippen molar-refractivity contribution < 1.29 is 4.79 Å². The van der Waals surface area contributed by atoms with Gasteiger partial charge in [-0.25, -0.2) is 0 Å². The van der Waals surface area contributed by atoms with Crippen molar-refractivity contribution in [2.45, 2.75) is 26.7 Å². The van der Waals surface area contributed by atoms with E-state index in [1.165, 1.54) is 15.3 Å². The predicted octanol–water partition coefficient (Wildman–Crippen LogP) is 4.57. The Labute approximate surface area is 111 Å². The Kier molecular flexibility index (Phi) is 2.63. The van der Waals surface area contributed by atoms with Gasteiger partial charge in [-0.1, -0.05) is 44.2 Å². The number of Topliss-reactive ketones (excluding diaryl/α,β-unsaturated/α-hetero) is 1. The normalized spacial score (nSPS) is 17.6. The fraction of sp³-hybridized carbons (Fsp3) is 0.312. The van der Waals surface area contributed by atoms with Gasteiger partial charge in [0.05, 0.1) is 0 Å². The van der Waals surface area contributed by atoms with E-state index in [0.717, 1.165) is 12.0 Å². The number of fused-ring (bicyclic) bond motifs is 1. The first-order valence-corrected chi connectivity index (χ1v) is 7.08. The quantitative estimate of drug-likeness (QED) is 0.730. The molecule has 92 valence electrons. The molecule has 1 heterocycles. The van der Waals surface area contributed by atoms with Crippen LogP contribution in [0, 0.1) is 5.41 Å². The fourth-order valence-electron chi connectivity index (χ4n) is 2.57. The molecule has 0 bridgehead atoms. The third kappa shape index (κ3) is 2.01. The second-order valence-corrected chi connectivity index (χ2v) is 6.89. The fourth-order valence-corrected chi connectivity index (χ4v) is 4.01. The lowest BCUT2D eigenvalue weighted by molar-refractivity contribution is 0.0914. The van der Waals surface area contributed by atoms with E-state index in [0.29, 0.717) is 12.2 Å². The van der Waals surface area contributed by atoms with Crippen molar-refractivity contribution in [3.8, 4) is 10.4 Å². The highest BCUT2D eigenvalue weighted by atomic mass is 32.1. The van der Waals surface area contributed by atoms with Crippen LogP contribution in [0.2, 0.25) is 0 Å². The molecule has 2 aromatic rings. The van der Waals surface area contributed by atoms with Gasteiger partial charge in [0.2, 0.25) is 0 Å². The molecule has 2 heteroatoms. The molecule has 1 aromatic heterocycles. The first-order valence-electron chi connectivity index (χ1n) is 6.26. The van der Waals surface area contributed by atoms with E-state index in [4.69, 9.17) is 0 Å². The highest BCUT2D eigenvalue weighted by molar-refractivity contribution is 7.15. The molecule has 0 amide bonds. The molecular weight excluding hydrogens is 240 g/mol. The molecule has 1 aromatic carbocycles. The number of rotatable bonds is 1. The third-order valence-electron chi connectivity index (χ3n) is 3.45. The first-order chi connectivity index (χ1) is 8.55. The number of ketones is 1. The van der Waals surface area contributed by atoms with Gasteiger partial charge < -0.3 is 0 Å². The van der Waals surface area contributed by atoms with Crippen LogP contribution in [-0.4, -0.2) is 5.78 Å². The maximum absolute atomic E-state index is 12.2. The van der Waals surface area contributed by atoms with Crippen LogP contribution < -0.4 is 0 Å². The van der Waals surface area contributed by atoms with Crippen molar-refractivity contribution in [2.24, 2.45) is 5.41 Å². The zero-order chi connectivity index (χ0) is 12.8. The van der Waals surface area contributed by atoms with Crippen molar-refractivity contribution in [3.63, 3.8) is 0 Å². The highest BCUT2D eigenvalue weighted by Gasteiger charge is 2.32. The number of carbonyl (C=O) groups is 1. The molecule has 0 saturated heterocycles. The zero-order valence-corrected chi connectivity index (χ0v) is 11.5. The van der Waals surface area contributed by atoms with E-state index in [1.807, 2.05) is 18.2 Å². The SMILES string of the molecule is CC1(C)CC(=O)c2cc(-c3ccccc3)sc2C1. The Hall–Kier alpha value is -1.41. The summed E-state index contributed by atoms with van der Waals surface area (Å²) in [6.07, 6.45) is 1.69.